The first-order valence-electron chi connectivity index (χ1n) is 8.25. The molecule has 122 valence electrons. The van der Waals surface area contributed by atoms with E-state index in [0.29, 0.717) is 11.3 Å². The molecule has 0 bridgehead atoms. The smallest absolute Gasteiger partial charge is 0.125 e. The Labute approximate surface area is 140 Å². The van der Waals surface area contributed by atoms with Gasteiger partial charge in [-0.05, 0) is 48.0 Å². The second-order valence-electron chi connectivity index (χ2n) is 7.21. The van der Waals surface area contributed by atoms with E-state index >= 15 is 0 Å². The Morgan fingerprint density at radius 3 is 2.48 bits per heavy atom. The second kappa shape index (κ2) is 7.45. The molecule has 0 aromatic heterocycles. The normalized spacial score (nSPS) is 19.5. The molecule has 2 heteroatoms. The average Bonchev–Trinajstić information content (AvgIpc) is 2.52. The standard InChI is InChI=1S/C21H28N2/c1-16-15-18(21(2,3)4)12-13-19(16)23-20(22-5)14-11-17-9-7-6-8-10-17/h6-14,18H,15H2,1-5H3,(H,22,23)/b14-11+. The fourth-order valence-electron chi connectivity index (χ4n) is 2.66. The van der Waals surface area contributed by atoms with Crippen LogP contribution in [0.5, 0.6) is 0 Å². The van der Waals surface area contributed by atoms with Gasteiger partial charge >= 0.3 is 0 Å². The van der Waals surface area contributed by atoms with Crippen molar-refractivity contribution in [2.45, 2.75) is 34.1 Å². The third-order valence-corrected chi connectivity index (χ3v) is 4.33. The highest BCUT2D eigenvalue weighted by atomic mass is 15.0. The first-order chi connectivity index (χ1) is 10.9. The van der Waals surface area contributed by atoms with E-state index in [1.54, 1.807) is 0 Å². The van der Waals surface area contributed by atoms with Gasteiger partial charge in [-0.25, -0.2) is 0 Å². The summed E-state index contributed by atoms with van der Waals surface area (Å²) in [7, 11) is 1.82. The molecule has 0 amide bonds. The molecule has 0 heterocycles. The van der Waals surface area contributed by atoms with E-state index in [1.807, 2.05) is 31.3 Å². The van der Waals surface area contributed by atoms with E-state index in [1.165, 1.54) is 16.8 Å². The van der Waals surface area contributed by atoms with Gasteiger partial charge in [0.2, 0.25) is 0 Å². The van der Waals surface area contributed by atoms with Crippen LogP contribution in [0.1, 0.15) is 39.7 Å². The lowest BCUT2D eigenvalue weighted by molar-refractivity contribution is 0.288. The predicted molar refractivity (Wildman–Crippen MR) is 101 cm³/mol. The van der Waals surface area contributed by atoms with Crippen molar-refractivity contribution >= 4 is 11.9 Å². The van der Waals surface area contributed by atoms with Crippen LogP contribution in [0.2, 0.25) is 0 Å². The number of nitrogens with zero attached hydrogens (tertiary/aromatic N) is 1. The van der Waals surface area contributed by atoms with Gasteiger partial charge in [-0.15, -0.1) is 0 Å². The zero-order chi connectivity index (χ0) is 16.9. The number of benzene rings is 1. The molecule has 23 heavy (non-hydrogen) atoms. The molecule has 1 atom stereocenters. The molecule has 0 fully saturated rings. The van der Waals surface area contributed by atoms with E-state index in [4.69, 9.17) is 0 Å². The van der Waals surface area contributed by atoms with E-state index < -0.39 is 0 Å². The van der Waals surface area contributed by atoms with E-state index in [9.17, 15) is 0 Å². The van der Waals surface area contributed by atoms with Crippen molar-refractivity contribution in [3.05, 3.63) is 65.4 Å². The summed E-state index contributed by atoms with van der Waals surface area (Å²) < 4.78 is 0. The summed E-state index contributed by atoms with van der Waals surface area (Å²) in [6.07, 6.45) is 9.73. The Bertz CT molecular complexity index is 640. The van der Waals surface area contributed by atoms with Crippen molar-refractivity contribution in [2.24, 2.45) is 16.3 Å². The maximum atomic E-state index is 4.35. The van der Waals surface area contributed by atoms with Crippen molar-refractivity contribution in [1.29, 1.82) is 0 Å². The van der Waals surface area contributed by atoms with Gasteiger partial charge in [0.1, 0.15) is 5.84 Å². The van der Waals surface area contributed by atoms with Gasteiger partial charge in [0.25, 0.3) is 0 Å². The summed E-state index contributed by atoms with van der Waals surface area (Å²) in [5, 5.41) is 3.45. The van der Waals surface area contributed by atoms with Crippen LogP contribution >= 0.6 is 0 Å². The highest BCUT2D eigenvalue weighted by Crippen LogP contribution is 2.35. The Hall–Kier alpha value is -2.09. The van der Waals surface area contributed by atoms with Crippen molar-refractivity contribution in [3.8, 4) is 0 Å². The van der Waals surface area contributed by atoms with Crippen molar-refractivity contribution in [1.82, 2.24) is 5.32 Å². The van der Waals surface area contributed by atoms with Crippen molar-refractivity contribution < 1.29 is 0 Å². The first kappa shape index (κ1) is 17.3. The van der Waals surface area contributed by atoms with Crippen LogP contribution < -0.4 is 5.32 Å². The summed E-state index contributed by atoms with van der Waals surface area (Å²) in [5.74, 6) is 1.47. The minimum absolute atomic E-state index is 0.304. The van der Waals surface area contributed by atoms with Crippen LogP contribution in [-0.4, -0.2) is 12.9 Å². The Morgan fingerprint density at radius 2 is 1.91 bits per heavy atom. The van der Waals surface area contributed by atoms with Gasteiger partial charge in [0, 0.05) is 12.7 Å². The molecule has 0 saturated carbocycles. The highest BCUT2D eigenvalue weighted by Gasteiger charge is 2.25. The average molecular weight is 308 g/mol. The Kier molecular flexibility index (Phi) is 5.59. The number of allylic oxidation sites excluding steroid dienone is 3. The molecule has 0 radical (unpaired) electrons. The zero-order valence-corrected chi connectivity index (χ0v) is 14.9. The maximum absolute atomic E-state index is 4.35. The largest absolute Gasteiger partial charge is 0.341 e. The van der Waals surface area contributed by atoms with Gasteiger partial charge in [0.05, 0.1) is 0 Å². The monoisotopic (exact) mass is 308 g/mol. The van der Waals surface area contributed by atoms with Crippen molar-refractivity contribution in [2.75, 3.05) is 7.05 Å². The Morgan fingerprint density at radius 1 is 1.22 bits per heavy atom. The van der Waals surface area contributed by atoms with E-state index in [-0.39, 0.29) is 0 Å². The van der Waals surface area contributed by atoms with E-state index in [2.05, 4.69) is 68.4 Å². The molecule has 1 N–H and O–H groups in total. The molecule has 1 aromatic rings. The SMILES string of the molecule is C/N=C(/C=C/c1ccccc1)NC1=C(C)CC(C(C)(C)C)C=C1. The third kappa shape index (κ3) is 4.95. The first-order valence-corrected chi connectivity index (χ1v) is 8.25. The predicted octanol–water partition coefficient (Wildman–Crippen LogP) is 5.21. The number of aliphatic imine (C=N–C) groups is 1. The van der Waals surface area contributed by atoms with Crippen molar-refractivity contribution in [3.63, 3.8) is 0 Å². The molecule has 2 nitrogen and oxygen atoms in total. The molecular formula is C21H28N2. The van der Waals surface area contributed by atoms with E-state index in [0.717, 1.165) is 12.3 Å². The molecule has 1 aliphatic carbocycles. The number of amidine groups is 1. The third-order valence-electron chi connectivity index (χ3n) is 4.33. The summed E-state index contributed by atoms with van der Waals surface area (Å²) in [4.78, 5) is 4.35. The fourth-order valence-corrected chi connectivity index (χ4v) is 2.66. The maximum Gasteiger partial charge on any atom is 0.125 e. The van der Waals surface area contributed by atoms with Crippen LogP contribution in [0, 0.1) is 11.3 Å². The molecule has 0 saturated heterocycles. The summed E-state index contributed by atoms with van der Waals surface area (Å²) in [6.45, 7) is 9.11. The number of hydrogen-bond donors (Lipinski definition) is 1. The number of nitrogens with one attached hydrogen (secondary N) is 1. The zero-order valence-electron chi connectivity index (χ0n) is 14.9. The fraction of sp³-hybridized carbons (Fsp3) is 0.381. The van der Waals surface area contributed by atoms with Gasteiger partial charge < -0.3 is 5.32 Å². The molecular weight excluding hydrogens is 280 g/mol. The minimum Gasteiger partial charge on any atom is -0.341 e. The summed E-state index contributed by atoms with van der Waals surface area (Å²) in [5.41, 5.74) is 4.04. The lowest BCUT2D eigenvalue weighted by Crippen LogP contribution is -2.26. The van der Waals surface area contributed by atoms with Crippen LogP contribution in [0.15, 0.2) is 64.8 Å². The second-order valence-corrected chi connectivity index (χ2v) is 7.21. The molecule has 0 spiro atoms. The van der Waals surface area contributed by atoms with Crippen LogP contribution in [-0.2, 0) is 0 Å². The number of hydrogen-bond acceptors (Lipinski definition) is 1. The van der Waals surface area contributed by atoms with Crippen LogP contribution in [0.25, 0.3) is 6.08 Å². The molecule has 0 aliphatic heterocycles. The molecule has 1 aromatic carbocycles. The van der Waals surface area contributed by atoms with Gasteiger partial charge in [0.15, 0.2) is 0 Å². The topological polar surface area (TPSA) is 24.4 Å². The molecule has 1 aliphatic rings. The summed E-state index contributed by atoms with van der Waals surface area (Å²) >= 11 is 0. The molecule has 1 unspecified atom stereocenters. The molecule has 2 rings (SSSR count). The minimum atomic E-state index is 0.304. The van der Waals surface area contributed by atoms with Gasteiger partial charge in [-0.2, -0.15) is 0 Å². The Balaban J connectivity index is 2.06. The van der Waals surface area contributed by atoms with Gasteiger partial charge in [-0.1, -0.05) is 63.3 Å². The summed E-state index contributed by atoms with van der Waals surface area (Å²) in [6, 6.07) is 10.3. The lowest BCUT2D eigenvalue weighted by Gasteiger charge is -2.31. The lowest BCUT2D eigenvalue weighted by atomic mass is 9.75. The highest BCUT2D eigenvalue weighted by molar-refractivity contribution is 5.97. The van der Waals surface area contributed by atoms with Gasteiger partial charge in [-0.3, -0.25) is 4.99 Å². The van der Waals surface area contributed by atoms with Crippen LogP contribution in [0.4, 0.5) is 0 Å². The number of rotatable bonds is 3. The quantitative estimate of drug-likeness (QED) is 0.601. The van der Waals surface area contributed by atoms with Crippen LogP contribution in [0.3, 0.4) is 0 Å².